The van der Waals surface area contributed by atoms with E-state index >= 15 is 0 Å². The van der Waals surface area contributed by atoms with Gasteiger partial charge in [0.2, 0.25) is 11.9 Å². The van der Waals surface area contributed by atoms with Gasteiger partial charge in [0.05, 0.1) is 23.1 Å². The van der Waals surface area contributed by atoms with Crippen LogP contribution in [0.3, 0.4) is 0 Å². The highest BCUT2D eigenvalue weighted by molar-refractivity contribution is 5.91. The first-order valence-corrected chi connectivity index (χ1v) is 6.61. The number of halogens is 3. The molecule has 0 aliphatic heterocycles. The van der Waals surface area contributed by atoms with E-state index in [9.17, 15) is 18.0 Å². The molecule has 0 aliphatic carbocycles. The number of H-pyrrole nitrogens is 1. The third kappa shape index (κ3) is 3.47. The number of aryl methyl sites for hydroxylation is 1. The van der Waals surface area contributed by atoms with Crippen LogP contribution in [-0.4, -0.2) is 30.6 Å². The lowest BCUT2D eigenvalue weighted by molar-refractivity contribution is -0.137. The van der Waals surface area contributed by atoms with E-state index in [1.165, 1.54) is 23.4 Å². The number of carbonyl (C=O) groups excluding carboxylic acids is 1. The molecule has 0 unspecified atom stereocenters. The van der Waals surface area contributed by atoms with Gasteiger partial charge in [-0.15, -0.1) is 0 Å². The number of alkyl halides is 3. The van der Waals surface area contributed by atoms with E-state index in [1.54, 1.807) is 0 Å². The molecule has 2 heterocycles. The molecule has 10 heteroatoms. The number of rotatable bonds is 4. The highest BCUT2D eigenvalue weighted by atomic mass is 19.4. The number of hydrogen-bond donors (Lipinski definition) is 2. The van der Waals surface area contributed by atoms with Crippen LogP contribution in [0.2, 0.25) is 0 Å². The fraction of sp³-hybridized carbons (Fsp3) is 0.231. The maximum absolute atomic E-state index is 12.7. The first kappa shape index (κ1) is 15.0. The number of aromatic amines is 1. The highest BCUT2D eigenvalue weighted by Crippen LogP contribution is 2.31. The molecule has 3 aromatic rings. The summed E-state index contributed by atoms with van der Waals surface area (Å²) in [6, 6.07) is 3.15. The standard InChI is InChI=1S/C13H11F3N6O/c14-13(15,16)8-1-2-9-10(5-8)20-12(19-9)21-11(23)3-4-22-7-17-6-18-22/h1-2,5-7H,3-4H2,(H2,19,20,21,23). The van der Waals surface area contributed by atoms with Crippen LogP contribution >= 0.6 is 0 Å². The predicted octanol–water partition coefficient (Wildman–Crippen LogP) is 2.20. The molecule has 0 saturated carbocycles. The smallest absolute Gasteiger partial charge is 0.324 e. The molecule has 0 fully saturated rings. The van der Waals surface area contributed by atoms with E-state index in [0.717, 1.165) is 12.1 Å². The molecular formula is C13H11F3N6O. The van der Waals surface area contributed by atoms with Gasteiger partial charge in [0, 0.05) is 6.42 Å². The van der Waals surface area contributed by atoms with Crippen molar-refractivity contribution in [2.45, 2.75) is 19.1 Å². The summed E-state index contributed by atoms with van der Waals surface area (Å²) in [6.07, 6.45) is -1.46. The second-order valence-electron chi connectivity index (χ2n) is 4.77. The molecule has 0 saturated heterocycles. The van der Waals surface area contributed by atoms with E-state index in [4.69, 9.17) is 0 Å². The second kappa shape index (κ2) is 5.71. The van der Waals surface area contributed by atoms with E-state index in [1.807, 2.05) is 0 Å². The Morgan fingerprint density at radius 1 is 1.35 bits per heavy atom. The lowest BCUT2D eigenvalue weighted by atomic mass is 10.2. The zero-order valence-corrected chi connectivity index (χ0v) is 11.6. The van der Waals surface area contributed by atoms with Crippen LogP contribution < -0.4 is 5.32 Å². The maximum Gasteiger partial charge on any atom is 0.416 e. The van der Waals surface area contributed by atoms with Gasteiger partial charge in [0.25, 0.3) is 0 Å². The second-order valence-corrected chi connectivity index (χ2v) is 4.77. The molecule has 0 spiro atoms. The molecule has 0 bridgehead atoms. The molecule has 1 aromatic carbocycles. The fourth-order valence-corrected chi connectivity index (χ4v) is 2.00. The van der Waals surface area contributed by atoms with Crippen molar-refractivity contribution in [3.8, 4) is 0 Å². The molecular weight excluding hydrogens is 313 g/mol. The number of nitrogens with zero attached hydrogens (tertiary/aromatic N) is 4. The number of amides is 1. The van der Waals surface area contributed by atoms with E-state index in [2.05, 4.69) is 25.4 Å². The molecule has 120 valence electrons. The Hall–Kier alpha value is -2.91. The molecule has 2 N–H and O–H groups in total. The number of aromatic nitrogens is 5. The average Bonchev–Trinajstić information content (AvgIpc) is 3.12. The summed E-state index contributed by atoms with van der Waals surface area (Å²) in [6.45, 7) is 0.338. The average molecular weight is 324 g/mol. The monoisotopic (exact) mass is 324 g/mol. The SMILES string of the molecule is O=C(CCn1cncn1)Nc1nc2ccc(C(F)(F)F)cc2[nH]1. The van der Waals surface area contributed by atoms with Gasteiger partial charge in [-0.05, 0) is 18.2 Å². The van der Waals surface area contributed by atoms with Gasteiger partial charge in [-0.1, -0.05) is 0 Å². The van der Waals surface area contributed by atoms with Crippen molar-refractivity contribution in [3.63, 3.8) is 0 Å². The molecule has 1 amide bonds. The van der Waals surface area contributed by atoms with Crippen molar-refractivity contribution in [2.75, 3.05) is 5.32 Å². The van der Waals surface area contributed by atoms with Crippen molar-refractivity contribution in [1.29, 1.82) is 0 Å². The van der Waals surface area contributed by atoms with Gasteiger partial charge in [-0.3, -0.25) is 14.8 Å². The molecule has 23 heavy (non-hydrogen) atoms. The summed E-state index contributed by atoms with van der Waals surface area (Å²) in [5.74, 6) is -0.237. The minimum Gasteiger partial charge on any atom is -0.324 e. The highest BCUT2D eigenvalue weighted by Gasteiger charge is 2.30. The minimum atomic E-state index is -4.43. The number of nitrogens with one attached hydrogen (secondary N) is 2. The summed E-state index contributed by atoms with van der Waals surface area (Å²) < 4.78 is 39.4. The third-order valence-corrected chi connectivity index (χ3v) is 3.10. The first-order chi connectivity index (χ1) is 10.9. The molecule has 3 rings (SSSR count). The fourth-order valence-electron chi connectivity index (χ4n) is 2.00. The lowest BCUT2D eigenvalue weighted by Gasteiger charge is -2.05. The number of imidazole rings is 1. The van der Waals surface area contributed by atoms with Gasteiger partial charge >= 0.3 is 6.18 Å². The molecule has 2 aromatic heterocycles. The van der Waals surface area contributed by atoms with Gasteiger partial charge in [-0.2, -0.15) is 18.3 Å². The van der Waals surface area contributed by atoms with Crippen LogP contribution in [0.4, 0.5) is 19.1 Å². The van der Waals surface area contributed by atoms with Crippen LogP contribution in [0.25, 0.3) is 11.0 Å². The van der Waals surface area contributed by atoms with E-state index in [0.29, 0.717) is 12.1 Å². The lowest BCUT2D eigenvalue weighted by Crippen LogP contribution is -2.15. The quantitative estimate of drug-likeness (QED) is 0.770. The summed E-state index contributed by atoms with van der Waals surface area (Å²) >= 11 is 0. The predicted molar refractivity (Wildman–Crippen MR) is 74.4 cm³/mol. The Bertz CT molecular complexity index is 824. The Kier molecular flexibility index (Phi) is 3.72. The van der Waals surface area contributed by atoms with Crippen molar-refractivity contribution >= 4 is 22.9 Å². The molecule has 7 nitrogen and oxygen atoms in total. The summed E-state index contributed by atoms with van der Waals surface area (Å²) in [4.78, 5) is 22.2. The Labute approximate surface area is 127 Å². The zero-order chi connectivity index (χ0) is 16.4. The van der Waals surface area contributed by atoms with Crippen molar-refractivity contribution < 1.29 is 18.0 Å². The maximum atomic E-state index is 12.7. The minimum absolute atomic E-state index is 0.0999. The van der Waals surface area contributed by atoms with Gasteiger partial charge in [0.1, 0.15) is 12.7 Å². The Morgan fingerprint density at radius 2 is 2.17 bits per heavy atom. The first-order valence-electron chi connectivity index (χ1n) is 6.61. The van der Waals surface area contributed by atoms with Crippen LogP contribution in [0.5, 0.6) is 0 Å². The largest absolute Gasteiger partial charge is 0.416 e. The van der Waals surface area contributed by atoms with Crippen molar-refractivity contribution in [2.24, 2.45) is 0 Å². The van der Waals surface area contributed by atoms with Crippen LogP contribution in [0, 0.1) is 0 Å². The molecule has 0 aliphatic rings. The number of benzene rings is 1. The number of anilines is 1. The Balaban J connectivity index is 1.69. The zero-order valence-electron chi connectivity index (χ0n) is 11.6. The summed E-state index contributed by atoms with van der Waals surface area (Å²) in [5, 5.41) is 6.36. The van der Waals surface area contributed by atoms with E-state index in [-0.39, 0.29) is 23.8 Å². The number of carbonyl (C=O) groups is 1. The van der Waals surface area contributed by atoms with Crippen molar-refractivity contribution in [1.82, 2.24) is 24.7 Å². The van der Waals surface area contributed by atoms with Crippen LogP contribution in [-0.2, 0) is 17.5 Å². The Morgan fingerprint density at radius 3 is 2.87 bits per heavy atom. The summed E-state index contributed by atoms with van der Waals surface area (Å²) in [5.41, 5.74) is -0.242. The molecule has 0 radical (unpaired) electrons. The summed E-state index contributed by atoms with van der Waals surface area (Å²) in [7, 11) is 0. The van der Waals surface area contributed by atoms with Crippen LogP contribution in [0.15, 0.2) is 30.9 Å². The van der Waals surface area contributed by atoms with Gasteiger partial charge in [-0.25, -0.2) is 9.97 Å². The van der Waals surface area contributed by atoms with Crippen LogP contribution in [0.1, 0.15) is 12.0 Å². The van der Waals surface area contributed by atoms with E-state index < -0.39 is 11.7 Å². The number of hydrogen-bond acceptors (Lipinski definition) is 4. The normalized spacial score (nSPS) is 11.8. The topological polar surface area (TPSA) is 88.5 Å². The molecule has 0 atom stereocenters. The third-order valence-electron chi connectivity index (χ3n) is 3.10. The van der Waals surface area contributed by atoms with Gasteiger partial charge < -0.3 is 4.98 Å². The van der Waals surface area contributed by atoms with Gasteiger partial charge in [0.15, 0.2) is 0 Å². The number of fused-ring (bicyclic) bond motifs is 1. The van der Waals surface area contributed by atoms with Crippen molar-refractivity contribution in [3.05, 3.63) is 36.4 Å².